The van der Waals surface area contributed by atoms with Crippen LogP contribution in [-0.4, -0.2) is 11.0 Å². The summed E-state index contributed by atoms with van der Waals surface area (Å²) in [5, 5.41) is 13.1. The number of benzene rings is 2. The molecule has 4 heteroatoms. The average molecular weight is 309 g/mol. The minimum Gasteiger partial charge on any atom is -0.450 e. The predicted octanol–water partition coefficient (Wildman–Crippen LogP) is 4.10. The Morgan fingerprint density at radius 1 is 1.13 bits per heavy atom. The number of fused-ring (bicyclic) bond motifs is 1. The molecule has 0 radical (unpaired) electrons. The fraction of sp³-hybridized carbons (Fsp3) is 0.211. The van der Waals surface area contributed by atoms with E-state index in [2.05, 4.69) is 5.32 Å². The highest BCUT2D eigenvalue weighted by Gasteiger charge is 2.19. The molecule has 0 aliphatic rings. The summed E-state index contributed by atoms with van der Waals surface area (Å²) in [5.41, 5.74) is 4.94. The summed E-state index contributed by atoms with van der Waals surface area (Å²) in [7, 11) is 0. The van der Waals surface area contributed by atoms with Gasteiger partial charge in [-0.05, 0) is 43.5 Å². The van der Waals surface area contributed by atoms with Crippen molar-refractivity contribution in [1.29, 1.82) is 0 Å². The molecule has 118 valence electrons. The second-order valence-electron chi connectivity index (χ2n) is 5.77. The third kappa shape index (κ3) is 2.73. The number of carbonyl (C=O) groups is 1. The molecule has 0 aliphatic heterocycles. The SMILES string of the molecule is Cc1ccc(CO)cc1NC(=O)c1oc2c(C)cccc2c1C. The molecular weight excluding hydrogens is 290 g/mol. The Hall–Kier alpha value is -2.59. The van der Waals surface area contributed by atoms with Gasteiger partial charge in [-0.15, -0.1) is 0 Å². The monoisotopic (exact) mass is 309 g/mol. The first-order valence-electron chi connectivity index (χ1n) is 7.51. The highest BCUT2D eigenvalue weighted by atomic mass is 16.3. The van der Waals surface area contributed by atoms with Gasteiger partial charge in [-0.25, -0.2) is 0 Å². The van der Waals surface area contributed by atoms with Crippen molar-refractivity contribution in [3.05, 3.63) is 64.4 Å². The predicted molar refractivity (Wildman–Crippen MR) is 90.7 cm³/mol. The van der Waals surface area contributed by atoms with Crippen LogP contribution in [0.25, 0.3) is 11.0 Å². The van der Waals surface area contributed by atoms with Crippen molar-refractivity contribution in [3.8, 4) is 0 Å². The summed E-state index contributed by atoms with van der Waals surface area (Å²) in [6.45, 7) is 5.69. The minimum absolute atomic E-state index is 0.0635. The molecule has 0 spiro atoms. The Bertz CT molecular complexity index is 893. The van der Waals surface area contributed by atoms with Gasteiger partial charge in [-0.2, -0.15) is 0 Å². The van der Waals surface area contributed by atoms with Gasteiger partial charge in [0.05, 0.1) is 6.61 Å². The van der Waals surface area contributed by atoms with Gasteiger partial charge in [0.2, 0.25) is 0 Å². The fourth-order valence-electron chi connectivity index (χ4n) is 2.68. The van der Waals surface area contributed by atoms with Gasteiger partial charge in [0.1, 0.15) is 5.58 Å². The summed E-state index contributed by atoms with van der Waals surface area (Å²) >= 11 is 0. The maximum absolute atomic E-state index is 12.6. The maximum atomic E-state index is 12.6. The van der Waals surface area contributed by atoms with Gasteiger partial charge in [0.25, 0.3) is 5.91 Å². The molecule has 1 amide bonds. The first-order chi connectivity index (χ1) is 11.0. The molecule has 0 saturated carbocycles. The molecule has 0 atom stereocenters. The van der Waals surface area contributed by atoms with Crippen molar-refractivity contribution >= 4 is 22.6 Å². The van der Waals surface area contributed by atoms with E-state index in [0.717, 1.165) is 33.2 Å². The second-order valence-corrected chi connectivity index (χ2v) is 5.77. The summed E-state index contributed by atoms with van der Waals surface area (Å²) in [6.07, 6.45) is 0. The largest absolute Gasteiger partial charge is 0.450 e. The Kier molecular flexibility index (Phi) is 3.92. The van der Waals surface area contributed by atoms with Crippen molar-refractivity contribution in [2.75, 3.05) is 5.32 Å². The zero-order valence-electron chi connectivity index (χ0n) is 13.4. The summed E-state index contributed by atoms with van der Waals surface area (Å²) < 4.78 is 5.80. The number of nitrogens with one attached hydrogen (secondary N) is 1. The standard InChI is InChI=1S/C19H19NO3/c1-11-7-8-14(10-21)9-16(11)20-19(22)18-13(3)15-6-4-5-12(2)17(15)23-18/h4-9,21H,10H2,1-3H3,(H,20,22). The van der Waals surface area contributed by atoms with E-state index in [0.29, 0.717) is 11.4 Å². The maximum Gasteiger partial charge on any atom is 0.291 e. The Morgan fingerprint density at radius 3 is 2.61 bits per heavy atom. The van der Waals surface area contributed by atoms with Crippen molar-refractivity contribution in [2.24, 2.45) is 0 Å². The van der Waals surface area contributed by atoms with Crippen LogP contribution in [0.4, 0.5) is 5.69 Å². The highest BCUT2D eigenvalue weighted by Crippen LogP contribution is 2.28. The number of aliphatic hydroxyl groups is 1. The summed E-state index contributed by atoms with van der Waals surface area (Å²) in [4.78, 5) is 12.6. The summed E-state index contributed by atoms with van der Waals surface area (Å²) in [6, 6.07) is 11.3. The highest BCUT2D eigenvalue weighted by molar-refractivity contribution is 6.07. The number of aryl methyl sites for hydroxylation is 3. The molecule has 1 aromatic heterocycles. The van der Waals surface area contributed by atoms with E-state index in [4.69, 9.17) is 4.42 Å². The number of amides is 1. The third-order valence-electron chi connectivity index (χ3n) is 4.10. The second kappa shape index (κ2) is 5.89. The molecule has 3 rings (SSSR count). The van der Waals surface area contributed by atoms with E-state index in [-0.39, 0.29) is 12.5 Å². The Morgan fingerprint density at radius 2 is 1.91 bits per heavy atom. The van der Waals surface area contributed by atoms with E-state index >= 15 is 0 Å². The smallest absolute Gasteiger partial charge is 0.291 e. The van der Waals surface area contributed by atoms with Crippen LogP contribution in [0.15, 0.2) is 40.8 Å². The lowest BCUT2D eigenvalue weighted by atomic mass is 10.1. The fourth-order valence-corrected chi connectivity index (χ4v) is 2.68. The zero-order chi connectivity index (χ0) is 16.6. The van der Waals surface area contributed by atoms with Crippen molar-refractivity contribution in [3.63, 3.8) is 0 Å². The quantitative estimate of drug-likeness (QED) is 0.765. The number of para-hydroxylation sites is 1. The van der Waals surface area contributed by atoms with Crippen LogP contribution < -0.4 is 5.32 Å². The summed E-state index contributed by atoms with van der Waals surface area (Å²) in [5.74, 6) is 0.0411. The van der Waals surface area contributed by atoms with E-state index in [1.807, 2.05) is 51.1 Å². The van der Waals surface area contributed by atoms with E-state index < -0.39 is 0 Å². The number of hydrogen-bond donors (Lipinski definition) is 2. The molecule has 1 heterocycles. The van der Waals surface area contributed by atoms with E-state index in [1.54, 1.807) is 6.07 Å². The Labute approximate surface area is 134 Å². The molecule has 2 N–H and O–H groups in total. The van der Waals surface area contributed by atoms with E-state index in [1.165, 1.54) is 0 Å². The van der Waals surface area contributed by atoms with Crippen molar-refractivity contribution in [2.45, 2.75) is 27.4 Å². The average Bonchev–Trinajstić information content (AvgIpc) is 2.88. The van der Waals surface area contributed by atoms with Crippen LogP contribution in [0.2, 0.25) is 0 Å². The van der Waals surface area contributed by atoms with Gasteiger partial charge in [0.15, 0.2) is 5.76 Å². The van der Waals surface area contributed by atoms with Crippen LogP contribution in [0.3, 0.4) is 0 Å². The number of anilines is 1. The van der Waals surface area contributed by atoms with Gasteiger partial charge < -0.3 is 14.8 Å². The van der Waals surface area contributed by atoms with Gasteiger partial charge in [-0.3, -0.25) is 4.79 Å². The van der Waals surface area contributed by atoms with E-state index in [9.17, 15) is 9.90 Å². The van der Waals surface area contributed by atoms with Crippen molar-refractivity contribution < 1.29 is 14.3 Å². The van der Waals surface area contributed by atoms with Gasteiger partial charge in [0, 0.05) is 16.6 Å². The molecule has 23 heavy (non-hydrogen) atoms. The zero-order valence-corrected chi connectivity index (χ0v) is 13.4. The molecule has 0 unspecified atom stereocenters. The molecule has 4 nitrogen and oxygen atoms in total. The Balaban J connectivity index is 1.98. The lowest BCUT2D eigenvalue weighted by molar-refractivity contribution is 0.0997. The first kappa shape index (κ1) is 15.3. The number of carbonyl (C=O) groups excluding carboxylic acids is 1. The topological polar surface area (TPSA) is 62.5 Å². The molecule has 0 saturated heterocycles. The molecule has 0 aliphatic carbocycles. The van der Waals surface area contributed by atoms with Gasteiger partial charge >= 0.3 is 0 Å². The number of rotatable bonds is 3. The normalized spacial score (nSPS) is 11.0. The molecule has 3 aromatic rings. The lowest BCUT2D eigenvalue weighted by Gasteiger charge is -2.09. The minimum atomic E-state index is -0.281. The lowest BCUT2D eigenvalue weighted by Crippen LogP contribution is -2.13. The number of hydrogen-bond acceptors (Lipinski definition) is 3. The number of furan rings is 1. The van der Waals surface area contributed by atoms with Crippen LogP contribution in [-0.2, 0) is 6.61 Å². The van der Waals surface area contributed by atoms with Crippen LogP contribution in [0.5, 0.6) is 0 Å². The molecule has 0 fully saturated rings. The third-order valence-corrected chi connectivity index (χ3v) is 4.10. The van der Waals surface area contributed by atoms with Crippen LogP contribution in [0, 0.1) is 20.8 Å². The van der Waals surface area contributed by atoms with Crippen LogP contribution in [0.1, 0.15) is 32.8 Å². The molecular formula is C19H19NO3. The molecule has 2 aromatic carbocycles. The van der Waals surface area contributed by atoms with Gasteiger partial charge in [-0.1, -0.05) is 30.3 Å². The first-order valence-corrected chi connectivity index (χ1v) is 7.51. The molecule has 0 bridgehead atoms. The van der Waals surface area contributed by atoms with Crippen LogP contribution >= 0.6 is 0 Å². The van der Waals surface area contributed by atoms with Crippen molar-refractivity contribution in [1.82, 2.24) is 0 Å². The number of aliphatic hydroxyl groups excluding tert-OH is 1.